The lowest BCUT2D eigenvalue weighted by Gasteiger charge is -2.21. The minimum Gasteiger partial charge on any atom is -0.372 e. The second-order valence-electron chi connectivity index (χ2n) is 3.98. The van der Waals surface area contributed by atoms with Crippen LogP contribution in [0, 0.1) is 0 Å². The molecule has 1 nitrogen and oxygen atoms in total. The van der Waals surface area contributed by atoms with E-state index in [1.54, 1.807) is 11.1 Å². The van der Waals surface area contributed by atoms with Crippen molar-refractivity contribution in [3.8, 4) is 0 Å². The van der Waals surface area contributed by atoms with Gasteiger partial charge in [-0.25, -0.2) is 0 Å². The average molecular weight is 189 g/mol. The third kappa shape index (κ3) is 1.63. The van der Waals surface area contributed by atoms with Crippen LogP contribution in [-0.2, 0) is 12.8 Å². The van der Waals surface area contributed by atoms with Crippen LogP contribution in [0.4, 0.5) is 5.69 Å². The second-order valence-corrected chi connectivity index (χ2v) is 3.98. The van der Waals surface area contributed by atoms with Crippen molar-refractivity contribution < 1.29 is 0 Å². The fraction of sp³-hybridized carbons (Fsp3) is 0.538. The van der Waals surface area contributed by atoms with E-state index in [-0.39, 0.29) is 0 Å². The van der Waals surface area contributed by atoms with Crippen molar-refractivity contribution in [2.24, 2.45) is 0 Å². The highest BCUT2D eigenvalue weighted by Gasteiger charge is 2.12. The molecule has 0 radical (unpaired) electrons. The fourth-order valence-corrected chi connectivity index (χ4v) is 2.34. The molecule has 0 aliphatic heterocycles. The minimum absolute atomic E-state index is 1.11. The Bertz CT molecular complexity index is 313. The highest BCUT2D eigenvalue weighted by atomic mass is 15.1. The maximum Gasteiger partial charge on any atom is 0.0368 e. The van der Waals surface area contributed by atoms with E-state index < -0.39 is 0 Å². The number of benzene rings is 1. The van der Waals surface area contributed by atoms with Crippen LogP contribution in [-0.4, -0.2) is 13.1 Å². The Hall–Kier alpha value is -0.980. The Balaban J connectivity index is 2.27. The van der Waals surface area contributed by atoms with Gasteiger partial charge in [-0.05, 0) is 56.4 Å². The van der Waals surface area contributed by atoms with Crippen LogP contribution in [0.3, 0.4) is 0 Å². The van der Waals surface area contributed by atoms with E-state index >= 15 is 0 Å². The molecular formula is C13H19N. The summed E-state index contributed by atoms with van der Waals surface area (Å²) in [6.45, 7) is 6.65. The Morgan fingerprint density at radius 1 is 1.07 bits per heavy atom. The number of aryl methyl sites for hydroxylation is 2. The predicted octanol–water partition coefficient (Wildman–Crippen LogP) is 3.02. The monoisotopic (exact) mass is 189 g/mol. The molecule has 0 bridgehead atoms. The molecule has 0 saturated heterocycles. The van der Waals surface area contributed by atoms with E-state index in [4.69, 9.17) is 0 Å². The molecule has 0 saturated carbocycles. The second kappa shape index (κ2) is 4.04. The van der Waals surface area contributed by atoms with Gasteiger partial charge in [0, 0.05) is 18.8 Å². The van der Waals surface area contributed by atoms with Crippen LogP contribution in [0.5, 0.6) is 0 Å². The molecule has 0 unspecified atom stereocenters. The number of hydrogen-bond acceptors (Lipinski definition) is 1. The van der Waals surface area contributed by atoms with Gasteiger partial charge in [-0.3, -0.25) is 0 Å². The largest absolute Gasteiger partial charge is 0.372 e. The molecule has 0 aromatic heterocycles. The molecule has 1 heteroatoms. The first-order valence-electron chi connectivity index (χ1n) is 5.72. The van der Waals surface area contributed by atoms with Crippen LogP contribution in [0.15, 0.2) is 18.2 Å². The van der Waals surface area contributed by atoms with E-state index in [1.807, 2.05) is 0 Å². The van der Waals surface area contributed by atoms with Gasteiger partial charge in [-0.2, -0.15) is 0 Å². The number of fused-ring (bicyclic) bond motifs is 1. The number of rotatable bonds is 3. The zero-order valence-electron chi connectivity index (χ0n) is 9.21. The third-order valence-corrected chi connectivity index (χ3v) is 3.21. The van der Waals surface area contributed by atoms with Crippen molar-refractivity contribution in [1.82, 2.24) is 0 Å². The summed E-state index contributed by atoms with van der Waals surface area (Å²) in [5.41, 5.74) is 4.55. The molecule has 0 spiro atoms. The summed E-state index contributed by atoms with van der Waals surface area (Å²) in [5.74, 6) is 0. The molecule has 0 amide bonds. The van der Waals surface area contributed by atoms with Gasteiger partial charge >= 0.3 is 0 Å². The smallest absolute Gasteiger partial charge is 0.0368 e. The summed E-state index contributed by atoms with van der Waals surface area (Å²) in [6.07, 6.45) is 3.91. The lowest BCUT2D eigenvalue weighted by atomic mass is 10.1. The first-order valence-corrected chi connectivity index (χ1v) is 5.72. The normalized spacial score (nSPS) is 14.1. The van der Waals surface area contributed by atoms with Gasteiger partial charge in [0.25, 0.3) is 0 Å². The van der Waals surface area contributed by atoms with Gasteiger partial charge < -0.3 is 4.90 Å². The van der Waals surface area contributed by atoms with Crippen molar-refractivity contribution in [1.29, 1.82) is 0 Å². The van der Waals surface area contributed by atoms with Crippen molar-refractivity contribution in [3.05, 3.63) is 29.3 Å². The molecule has 0 heterocycles. The van der Waals surface area contributed by atoms with E-state index in [9.17, 15) is 0 Å². The van der Waals surface area contributed by atoms with Crippen LogP contribution in [0.1, 0.15) is 31.4 Å². The maximum absolute atomic E-state index is 2.42. The van der Waals surface area contributed by atoms with E-state index in [0.29, 0.717) is 0 Å². The van der Waals surface area contributed by atoms with Gasteiger partial charge in [-0.1, -0.05) is 6.07 Å². The summed E-state index contributed by atoms with van der Waals surface area (Å²) in [7, 11) is 0. The summed E-state index contributed by atoms with van der Waals surface area (Å²) < 4.78 is 0. The van der Waals surface area contributed by atoms with Gasteiger partial charge in [0.15, 0.2) is 0 Å². The minimum atomic E-state index is 1.11. The summed E-state index contributed by atoms with van der Waals surface area (Å²) >= 11 is 0. The Kier molecular flexibility index (Phi) is 2.76. The molecule has 1 aromatic carbocycles. The highest BCUT2D eigenvalue weighted by molar-refractivity contribution is 5.52. The van der Waals surface area contributed by atoms with Crippen LogP contribution < -0.4 is 4.90 Å². The number of anilines is 1. The molecule has 1 aromatic rings. The first-order chi connectivity index (χ1) is 6.85. The fourth-order valence-electron chi connectivity index (χ4n) is 2.34. The SMILES string of the molecule is CCN(CC)c1ccc2c(c1)CCC2. The first kappa shape index (κ1) is 9.57. The van der Waals surface area contributed by atoms with Gasteiger partial charge in [0.05, 0.1) is 0 Å². The Morgan fingerprint density at radius 3 is 2.50 bits per heavy atom. The lowest BCUT2D eigenvalue weighted by Crippen LogP contribution is -2.21. The third-order valence-electron chi connectivity index (χ3n) is 3.21. The van der Waals surface area contributed by atoms with E-state index in [2.05, 4.69) is 36.9 Å². The predicted molar refractivity (Wildman–Crippen MR) is 62.0 cm³/mol. The van der Waals surface area contributed by atoms with Crippen LogP contribution in [0.25, 0.3) is 0 Å². The van der Waals surface area contributed by atoms with Crippen molar-refractivity contribution in [3.63, 3.8) is 0 Å². The molecule has 0 fully saturated rings. The number of nitrogens with zero attached hydrogens (tertiary/aromatic N) is 1. The van der Waals surface area contributed by atoms with E-state index in [1.165, 1.54) is 24.9 Å². The highest BCUT2D eigenvalue weighted by Crippen LogP contribution is 2.26. The zero-order valence-corrected chi connectivity index (χ0v) is 9.21. The lowest BCUT2D eigenvalue weighted by molar-refractivity contribution is 0.864. The summed E-state index contributed by atoms with van der Waals surface area (Å²) in [5, 5.41) is 0. The van der Waals surface area contributed by atoms with Gasteiger partial charge in [0.2, 0.25) is 0 Å². The average Bonchev–Trinajstić information content (AvgIpc) is 2.66. The molecule has 1 aliphatic rings. The maximum atomic E-state index is 2.42. The van der Waals surface area contributed by atoms with Gasteiger partial charge in [-0.15, -0.1) is 0 Å². The Labute approximate surface area is 86.7 Å². The quantitative estimate of drug-likeness (QED) is 0.706. The van der Waals surface area contributed by atoms with Crippen molar-refractivity contribution in [2.45, 2.75) is 33.1 Å². The van der Waals surface area contributed by atoms with Gasteiger partial charge in [0.1, 0.15) is 0 Å². The van der Waals surface area contributed by atoms with Crippen molar-refractivity contribution >= 4 is 5.69 Å². The molecule has 0 N–H and O–H groups in total. The van der Waals surface area contributed by atoms with Crippen molar-refractivity contribution in [2.75, 3.05) is 18.0 Å². The molecule has 76 valence electrons. The number of hydrogen-bond donors (Lipinski definition) is 0. The molecule has 2 rings (SSSR count). The Morgan fingerprint density at radius 2 is 1.79 bits per heavy atom. The molecule has 0 atom stereocenters. The summed E-state index contributed by atoms with van der Waals surface area (Å²) in [6, 6.07) is 6.97. The topological polar surface area (TPSA) is 3.24 Å². The molecule has 14 heavy (non-hydrogen) atoms. The standard InChI is InChI=1S/C13H19N/c1-3-14(4-2)13-9-8-11-6-5-7-12(11)10-13/h8-10H,3-7H2,1-2H3. The zero-order chi connectivity index (χ0) is 9.97. The van der Waals surface area contributed by atoms with Crippen LogP contribution >= 0.6 is 0 Å². The summed E-state index contributed by atoms with van der Waals surface area (Å²) in [4.78, 5) is 2.42. The van der Waals surface area contributed by atoms with E-state index in [0.717, 1.165) is 13.1 Å². The molecule has 1 aliphatic carbocycles. The van der Waals surface area contributed by atoms with Crippen LogP contribution in [0.2, 0.25) is 0 Å². The molecular weight excluding hydrogens is 170 g/mol.